The van der Waals surface area contributed by atoms with Crippen LogP contribution in [-0.2, 0) is 0 Å². The Morgan fingerprint density at radius 3 is 2.60 bits per heavy atom. The van der Waals surface area contributed by atoms with Crippen molar-refractivity contribution >= 4 is 5.57 Å². The Labute approximate surface area is 91.4 Å². The zero-order chi connectivity index (χ0) is 11.1. The van der Waals surface area contributed by atoms with Crippen LogP contribution in [0.3, 0.4) is 0 Å². The fourth-order valence-corrected chi connectivity index (χ4v) is 1.56. The highest BCUT2D eigenvalue weighted by Crippen LogP contribution is 2.19. The van der Waals surface area contributed by atoms with E-state index < -0.39 is 0 Å². The molecule has 2 heteroatoms. The van der Waals surface area contributed by atoms with Crippen molar-refractivity contribution in [2.75, 3.05) is 6.61 Å². The van der Waals surface area contributed by atoms with E-state index in [9.17, 15) is 0 Å². The number of aliphatic hydroxyl groups is 1. The highest BCUT2D eigenvalue weighted by Gasteiger charge is 2.06. The fourth-order valence-electron chi connectivity index (χ4n) is 1.56. The van der Waals surface area contributed by atoms with Crippen molar-refractivity contribution in [3.8, 4) is 0 Å². The summed E-state index contributed by atoms with van der Waals surface area (Å²) in [6, 6.07) is 10.0. The van der Waals surface area contributed by atoms with Crippen molar-refractivity contribution in [1.29, 1.82) is 0 Å². The average molecular weight is 205 g/mol. The Balaban J connectivity index is 2.80. The molecular formula is C13H19NO. The van der Waals surface area contributed by atoms with Crippen LogP contribution in [0.5, 0.6) is 0 Å². The molecule has 0 aliphatic rings. The second kappa shape index (κ2) is 6.38. The number of allylic oxidation sites excluding steroid dienone is 1. The summed E-state index contributed by atoms with van der Waals surface area (Å²) < 4.78 is 0. The van der Waals surface area contributed by atoms with Gasteiger partial charge < -0.3 is 10.8 Å². The first-order valence-corrected chi connectivity index (χ1v) is 5.38. The van der Waals surface area contributed by atoms with Gasteiger partial charge in [0.2, 0.25) is 0 Å². The molecular weight excluding hydrogens is 186 g/mol. The lowest BCUT2D eigenvalue weighted by Gasteiger charge is -2.12. The molecule has 0 amide bonds. The summed E-state index contributed by atoms with van der Waals surface area (Å²) in [5.41, 5.74) is 8.17. The molecule has 0 fully saturated rings. The topological polar surface area (TPSA) is 46.2 Å². The third kappa shape index (κ3) is 3.86. The number of rotatable bonds is 5. The largest absolute Gasteiger partial charge is 0.395 e. The van der Waals surface area contributed by atoms with E-state index >= 15 is 0 Å². The van der Waals surface area contributed by atoms with Crippen LogP contribution < -0.4 is 5.73 Å². The Bertz CT molecular complexity index is 306. The lowest BCUT2D eigenvalue weighted by atomic mass is 9.98. The number of hydrogen-bond acceptors (Lipinski definition) is 2. The molecule has 0 aliphatic heterocycles. The highest BCUT2D eigenvalue weighted by atomic mass is 16.3. The van der Waals surface area contributed by atoms with E-state index in [1.807, 2.05) is 18.2 Å². The molecule has 0 aliphatic carbocycles. The van der Waals surface area contributed by atoms with E-state index in [4.69, 9.17) is 10.8 Å². The number of aliphatic hydroxyl groups excluding tert-OH is 1. The fraction of sp³-hybridized carbons (Fsp3) is 0.385. The minimum Gasteiger partial charge on any atom is -0.395 e. The van der Waals surface area contributed by atoms with E-state index in [1.54, 1.807) is 0 Å². The molecule has 0 aromatic heterocycles. The summed E-state index contributed by atoms with van der Waals surface area (Å²) in [6.45, 7) is 2.14. The predicted octanol–water partition coefficient (Wildman–Crippen LogP) is 2.19. The summed E-state index contributed by atoms with van der Waals surface area (Å²) in [5.74, 6) is 0. The predicted molar refractivity (Wildman–Crippen MR) is 64.4 cm³/mol. The van der Waals surface area contributed by atoms with Crippen molar-refractivity contribution < 1.29 is 5.11 Å². The normalized spacial score (nSPS) is 13.9. The maximum absolute atomic E-state index is 8.95. The molecule has 82 valence electrons. The minimum absolute atomic E-state index is 0.0356. The van der Waals surface area contributed by atoms with E-state index in [0.717, 1.165) is 12.8 Å². The zero-order valence-electron chi connectivity index (χ0n) is 9.19. The molecule has 0 saturated carbocycles. The molecule has 1 atom stereocenters. The molecule has 1 unspecified atom stereocenters. The van der Waals surface area contributed by atoms with Crippen molar-refractivity contribution in [1.82, 2.24) is 0 Å². The number of benzene rings is 1. The highest BCUT2D eigenvalue weighted by molar-refractivity contribution is 5.65. The maximum atomic E-state index is 8.95. The summed E-state index contributed by atoms with van der Waals surface area (Å²) in [4.78, 5) is 0. The molecule has 0 bridgehead atoms. The Morgan fingerprint density at radius 2 is 2.07 bits per heavy atom. The summed E-state index contributed by atoms with van der Waals surface area (Å²) in [7, 11) is 0. The lowest BCUT2D eigenvalue weighted by molar-refractivity contribution is 0.267. The molecule has 0 heterocycles. The smallest absolute Gasteiger partial charge is 0.0585 e. The van der Waals surface area contributed by atoms with Gasteiger partial charge in [-0.25, -0.2) is 0 Å². The quantitative estimate of drug-likeness (QED) is 0.774. The van der Waals surface area contributed by atoms with Gasteiger partial charge in [-0.1, -0.05) is 43.3 Å². The minimum atomic E-state index is -0.164. The van der Waals surface area contributed by atoms with Gasteiger partial charge in [-0.3, -0.25) is 0 Å². The first-order valence-electron chi connectivity index (χ1n) is 5.38. The van der Waals surface area contributed by atoms with Gasteiger partial charge in [-0.15, -0.1) is 0 Å². The third-order valence-corrected chi connectivity index (χ3v) is 2.31. The van der Waals surface area contributed by atoms with Crippen molar-refractivity contribution in [3.05, 3.63) is 42.0 Å². The lowest BCUT2D eigenvalue weighted by Crippen LogP contribution is -2.24. The standard InChI is InChI=1S/C13H19NO/c1-2-6-12(9-13(14)10-15)11-7-4-3-5-8-11/h3-8,13,15H,2,9-10,14H2,1H3/b12-6-. The molecule has 2 nitrogen and oxygen atoms in total. The van der Waals surface area contributed by atoms with E-state index in [1.165, 1.54) is 11.1 Å². The molecule has 0 spiro atoms. The first kappa shape index (κ1) is 12.0. The molecule has 1 aromatic rings. The Morgan fingerprint density at radius 1 is 1.40 bits per heavy atom. The average Bonchev–Trinajstić information content (AvgIpc) is 2.29. The second-order valence-corrected chi connectivity index (χ2v) is 3.65. The zero-order valence-corrected chi connectivity index (χ0v) is 9.19. The van der Waals surface area contributed by atoms with E-state index in [0.29, 0.717) is 0 Å². The van der Waals surface area contributed by atoms with Crippen LogP contribution in [0.25, 0.3) is 5.57 Å². The van der Waals surface area contributed by atoms with Gasteiger partial charge in [0.15, 0.2) is 0 Å². The van der Waals surface area contributed by atoms with Crippen molar-refractivity contribution in [2.24, 2.45) is 5.73 Å². The SMILES string of the molecule is CC/C=C(/CC(N)CO)c1ccccc1. The first-order chi connectivity index (χ1) is 7.27. The van der Waals surface area contributed by atoms with Gasteiger partial charge in [-0.05, 0) is 24.0 Å². The molecule has 3 N–H and O–H groups in total. The van der Waals surface area contributed by atoms with E-state index in [-0.39, 0.29) is 12.6 Å². The van der Waals surface area contributed by atoms with Crippen LogP contribution in [0.2, 0.25) is 0 Å². The van der Waals surface area contributed by atoms with Gasteiger partial charge in [0, 0.05) is 6.04 Å². The van der Waals surface area contributed by atoms with Gasteiger partial charge in [-0.2, -0.15) is 0 Å². The van der Waals surface area contributed by atoms with Crippen LogP contribution in [0.15, 0.2) is 36.4 Å². The van der Waals surface area contributed by atoms with Crippen molar-refractivity contribution in [3.63, 3.8) is 0 Å². The Kier molecular flexibility index (Phi) is 5.08. The van der Waals surface area contributed by atoms with Gasteiger partial charge in [0.05, 0.1) is 6.61 Å². The van der Waals surface area contributed by atoms with Gasteiger partial charge >= 0.3 is 0 Å². The summed E-state index contributed by atoms with van der Waals surface area (Å²) in [5, 5.41) is 8.95. The summed E-state index contributed by atoms with van der Waals surface area (Å²) in [6.07, 6.45) is 3.89. The number of hydrogen-bond donors (Lipinski definition) is 2. The summed E-state index contributed by atoms with van der Waals surface area (Å²) >= 11 is 0. The van der Waals surface area contributed by atoms with Crippen molar-refractivity contribution in [2.45, 2.75) is 25.8 Å². The monoisotopic (exact) mass is 205 g/mol. The van der Waals surface area contributed by atoms with Crippen LogP contribution >= 0.6 is 0 Å². The molecule has 1 aromatic carbocycles. The van der Waals surface area contributed by atoms with Crippen LogP contribution in [0.1, 0.15) is 25.3 Å². The number of nitrogens with two attached hydrogens (primary N) is 1. The van der Waals surface area contributed by atoms with Crippen LogP contribution in [-0.4, -0.2) is 17.8 Å². The molecule has 1 rings (SSSR count). The van der Waals surface area contributed by atoms with Crippen LogP contribution in [0.4, 0.5) is 0 Å². The molecule has 0 saturated heterocycles. The maximum Gasteiger partial charge on any atom is 0.0585 e. The Hall–Kier alpha value is -1.12. The third-order valence-electron chi connectivity index (χ3n) is 2.31. The second-order valence-electron chi connectivity index (χ2n) is 3.65. The molecule has 0 radical (unpaired) electrons. The van der Waals surface area contributed by atoms with Crippen LogP contribution in [0, 0.1) is 0 Å². The van der Waals surface area contributed by atoms with E-state index in [2.05, 4.69) is 25.1 Å². The molecule has 15 heavy (non-hydrogen) atoms. The van der Waals surface area contributed by atoms with Gasteiger partial charge in [0.25, 0.3) is 0 Å². The van der Waals surface area contributed by atoms with Gasteiger partial charge in [0.1, 0.15) is 0 Å².